The molecule has 0 radical (unpaired) electrons. The summed E-state index contributed by atoms with van der Waals surface area (Å²) in [4.78, 5) is 66.6. The van der Waals surface area contributed by atoms with Gasteiger partial charge in [0.05, 0.1) is 23.4 Å². The molecule has 3 amide bonds. The number of hydrogen-bond acceptors (Lipinski definition) is 9. The minimum Gasteiger partial charge on any atom is -0.508 e. The second-order valence-corrected chi connectivity index (χ2v) is 17.1. The quantitative estimate of drug-likeness (QED) is 0.151. The molecular weight excluding hydrogens is 762 g/mol. The summed E-state index contributed by atoms with van der Waals surface area (Å²) in [5, 5.41) is 12.5. The molecule has 0 aromatic heterocycles. The fourth-order valence-electron chi connectivity index (χ4n) is 10.4. The lowest BCUT2D eigenvalue weighted by molar-refractivity contribution is -0.124. The number of phenolic OH excluding ortho intramolecular Hbond substituents is 1. The Bertz CT molecular complexity index is 2260. The van der Waals surface area contributed by atoms with Gasteiger partial charge in [0.1, 0.15) is 30.2 Å². The molecule has 9 rings (SSSR count). The van der Waals surface area contributed by atoms with Crippen LogP contribution in [0, 0.1) is 11.2 Å². The maximum Gasteiger partial charge on any atom is 0.262 e. The van der Waals surface area contributed by atoms with E-state index in [1.54, 1.807) is 24.3 Å². The van der Waals surface area contributed by atoms with Crippen LogP contribution in [-0.2, 0) is 33.9 Å². The number of benzene rings is 4. The first-order chi connectivity index (χ1) is 29.0. The lowest BCUT2D eigenvalue weighted by atomic mass is 9.69. The smallest absolute Gasteiger partial charge is 0.262 e. The van der Waals surface area contributed by atoms with Crippen molar-refractivity contribution in [2.75, 3.05) is 51.7 Å². The number of aromatic hydroxyl groups is 1. The van der Waals surface area contributed by atoms with E-state index in [9.17, 15) is 29.1 Å². The molecule has 1 aliphatic carbocycles. The fourth-order valence-corrected chi connectivity index (χ4v) is 10.4. The van der Waals surface area contributed by atoms with E-state index in [0.29, 0.717) is 30.5 Å². The average Bonchev–Trinajstić information content (AvgIpc) is 3.75. The highest BCUT2D eigenvalue weighted by molar-refractivity contribution is 6.23. The first kappa shape index (κ1) is 41.0. The Morgan fingerprint density at radius 3 is 2.17 bits per heavy atom. The normalized spacial score (nSPS) is 21.0. The standard InChI is InChI=1S/C30H33FN2O.C18H19N3O5/c1-32-19-30(20-32)13-15-33(16-14-30)28-12-8-23(18-27(28)31)29-25(21-5-3-2-4-6-21)10-7-22-17-24(34)9-11-26(22)29;1-19-16(24)15(3-2-5-22)21-17(25)13-7-11-9-20(4-6-23)10-12(11)8-14(13)18(21)26/h2-6,8-9,11-12,17-18,25,29,34H,7,10,13-16,19-20H2,1H3;5-8,15H,2-4,9-10H2,1H3,(H,19,24). The van der Waals surface area contributed by atoms with Gasteiger partial charge in [-0.25, -0.2) is 4.39 Å². The van der Waals surface area contributed by atoms with E-state index in [-0.39, 0.29) is 48.2 Å². The van der Waals surface area contributed by atoms with Crippen LogP contribution in [0.4, 0.5) is 10.1 Å². The summed E-state index contributed by atoms with van der Waals surface area (Å²) < 4.78 is 15.6. The highest BCUT2D eigenvalue weighted by Gasteiger charge is 2.45. The van der Waals surface area contributed by atoms with Crippen LogP contribution in [0.5, 0.6) is 5.75 Å². The van der Waals surface area contributed by atoms with Crippen molar-refractivity contribution >= 4 is 36.0 Å². The molecule has 2 N–H and O–H groups in total. The van der Waals surface area contributed by atoms with E-state index in [1.807, 2.05) is 29.2 Å². The number of nitrogens with one attached hydrogen (secondary N) is 1. The van der Waals surface area contributed by atoms with Crippen LogP contribution in [-0.4, -0.2) is 103 Å². The van der Waals surface area contributed by atoms with Gasteiger partial charge in [0, 0.05) is 58.7 Å². The predicted molar refractivity (Wildman–Crippen MR) is 226 cm³/mol. The van der Waals surface area contributed by atoms with Crippen LogP contribution in [0.15, 0.2) is 78.9 Å². The highest BCUT2D eigenvalue weighted by atomic mass is 19.1. The van der Waals surface area contributed by atoms with Gasteiger partial charge in [-0.3, -0.25) is 24.2 Å². The van der Waals surface area contributed by atoms with Crippen molar-refractivity contribution < 1.29 is 33.5 Å². The number of hydrogen-bond donors (Lipinski definition) is 2. The zero-order valence-electron chi connectivity index (χ0n) is 34.2. The van der Waals surface area contributed by atoms with Gasteiger partial charge in [0.15, 0.2) is 0 Å². The van der Waals surface area contributed by atoms with Crippen LogP contribution in [0.2, 0.25) is 0 Å². The van der Waals surface area contributed by atoms with Crippen LogP contribution in [0.1, 0.15) is 98.0 Å². The minimum atomic E-state index is -1.01. The summed E-state index contributed by atoms with van der Waals surface area (Å²) in [5.41, 5.74) is 8.23. The van der Waals surface area contributed by atoms with Gasteiger partial charge in [0.25, 0.3) is 11.8 Å². The number of aldehydes is 2. The Morgan fingerprint density at radius 2 is 1.57 bits per heavy atom. The molecule has 0 saturated carbocycles. The van der Waals surface area contributed by atoms with Crippen molar-refractivity contribution in [2.24, 2.45) is 5.41 Å². The largest absolute Gasteiger partial charge is 0.508 e. The van der Waals surface area contributed by atoms with E-state index < -0.39 is 23.8 Å². The molecule has 3 unspecified atom stereocenters. The zero-order valence-corrected chi connectivity index (χ0v) is 34.2. The monoisotopic (exact) mass is 813 g/mol. The average molecular weight is 814 g/mol. The van der Waals surface area contributed by atoms with Crippen molar-refractivity contribution in [3.8, 4) is 5.75 Å². The number of fused-ring (bicyclic) bond motifs is 3. The topological polar surface area (TPSA) is 131 Å². The number of piperidine rings is 1. The Hall–Kier alpha value is -5.72. The fraction of sp³-hybridized carbons (Fsp3) is 0.396. The number of likely N-dealkylation sites (N-methyl/N-ethyl adjacent to an activating group) is 1. The molecule has 11 nitrogen and oxygen atoms in total. The third-order valence-electron chi connectivity index (χ3n) is 13.3. The Kier molecular flexibility index (Phi) is 11.7. The lowest BCUT2D eigenvalue weighted by Gasteiger charge is -2.53. The van der Waals surface area contributed by atoms with Crippen LogP contribution >= 0.6 is 0 Å². The molecule has 3 atom stereocenters. The van der Waals surface area contributed by atoms with Gasteiger partial charge in [-0.15, -0.1) is 0 Å². The van der Waals surface area contributed by atoms with Crippen molar-refractivity contribution in [1.29, 1.82) is 0 Å². The molecule has 4 aliphatic heterocycles. The van der Waals surface area contributed by atoms with Gasteiger partial charge < -0.3 is 29.8 Å². The Morgan fingerprint density at radius 1 is 0.883 bits per heavy atom. The van der Waals surface area contributed by atoms with E-state index in [4.69, 9.17) is 0 Å². The summed E-state index contributed by atoms with van der Waals surface area (Å²) in [6.07, 6.45) is 5.83. The number of anilines is 1. The third kappa shape index (κ3) is 7.86. The molecule has 12 heteroatoms. The molecule has 2 saturated heterocycles. The van der Waals surface area contributed by atoms with Crippen LogP contribution in [0.3, 0.4) is 0 Å². The van der Waals surface area contributed by atoms with Gasteiger partial charge in [0.2, 0.25) is 5.91 Å². The predicted octanol–water partition coefficient (Wildman–Crippen LogP) is 5.82. The summed E-state index contributed by atoms with van der Waals surface area (Å²) in [6.45, 7) is 5.58. The highest BCUT2D eigenvalue weighted by Crippen LogP contribution is 2.48. The van der Waals surface area contributed by atoms with Crippen LogP contribution < -0.4 is 10.2 Å². The molecule has 312 valence electrons. The maximum atomic E-state index is 15.6. The Balaban J connectivity index is 0.000000173. The summed E-state index contributed by atoms with van der Waals surface area (Å²) in [5.74, 6) is -0.984. The van der Waals surface area contributed by atoms with Crippen molar-refractivity contribution in [3.05, 3.63) is 129 Å². The third-order valence-corrected chi connectivity index (χ3v) is 13.3. The number of carbonyl (C=O) groups excluding carboxylic acids is 5. The summed E-state index contributed by atoms with van der Waals surface area (Å²) in [7, 11) is 3.61. The van der Waals surface area contributed by atoms with Crippen molar-refractivity contribution in [3.63, 3.8) is 0 Å². The molecule has 4 aromatic rings. The Labute approximate surface area is 350 Å². The van der Waals surface area contributed by atoms with E-state index in [1.165, 1.54) is 36.8 Å². The van der Waals surface area contributed by atoms with Gasteiger partial charge >= 0.3 is 0 Å². The number of amides is 3. The molecule has 60 heavy (non-hydrogen) atoms. The van der Waals surface area contributed by atoms with Gasteiger partial charge in [-0.05, 0) is 120 Å². The maximum absolute atomic E-state index is 15.6. The number of phenols is 1. The number of halogens is 1. The minimum absolute atomic E-state index is 0.0721. The summed E-state index contributed by atoms with van der Waals surface area (Å²) in [6, 6.07) is 24.6. The number of rotatable bonds is 10. The lowest BCUT2D eigenvalue weighted by Crippen LogP contribution is -2.58. The number of carbonyl (C=O) groups is 5. The van der Waals surface area contributed by atoms with Gasteiger partial charge in [-0.1, -0.05) is 42.5 Å². The molecule has 2 fully saturated rings. The molecule has 5 aliphatic rings. The molecule has 4 aromatic carbocycles. The first-order valence-electron chi connectivity index (χ1n) is 21.0. The second kappa shape index (κ2) is 17.1. The second-order valence-electron chi connectivity index (χ2n) is 17.1. The van der Waals surface area contributed by atoms with Crippen molar-refractivity contribution in [1.82, 2.24) is 20.0 Å². The van der Waals surface area contributed by atoms with E-state index >= 15 is 4.39 Å². The first-order valence-corrected chi connectivity index (χ1v) is 21.0. The van der Waals surface area contributed by atoms with E-state index in [0.717, 1.165) is 72.3 Å². The number of likely N-dealkylation sites (tertiary alicyclic amines) is 1. The van der Waals surface area contributed by atoms with Gasteiger partial charge in [-0.2, -0.15) is 0 Å². The zero-order chi connectivity index (χ0) is 42.1. The summed E-state index contributed by atoms with van der Waals surface area (Å²) >= 11 is 0. The number of nitrogens with zero attached hydrogens (tertiary/aromatic N) is 4. The van der Waals surface area contributed by atoms with E-state index in [2.05, 4.69) is 52.5 Å². The SMILES string of the molecule is CN1CC2(CCN(c3ccc(C4c5ccc(O)cc5CCC4c4ccccc4)cc3F)CC2)C1.CNC(=O)C(CCC=O)N1C(=O)c2cc3c(cc2C1=O)CN(CC=O)C3. The molecule has 1 spiro atoms. The molecular formula is C48H52FN5O6. The molecule has 4 heterocycles. The molecule has 0 bridgehead atoms. The number of imide groups is 1. The van der Waals surface area contributed by atoms with Crippen molar-refractivity contribution in [2.45, 2.75) is 69.5 Å². The number of aryl methyl sites for hydroxylation is 1. The van der Waals surface area contributed by atoms with Crippen LogP contribution in [0.25, 0.3) is 0 Å².